The minimum absolute atomic E-state index is 0.0110. The van der Waals surface area contributed by atoms with Crippen molar-refractivity contribution in [1.29, 1.82) is 0 Å². The van der Waals surface area contributed by atoms with Crippen LogP contribution in [0.2, 0.25) is 5.02 Å². The minimum Gasteiger partial charge on any atom is -0.298 e. The zero-order valence-electron chi connectivity index (χ0n) is 15.1. The number of hydrogen-bond acceptors (Lipinski definition) is 3. The van der Waals surface area contributed by atoms with E-state index in [1.807, 2.05) is 54.6 Å². The number of rotatable bonds is 3. The normalized spacial score (nSPS) is 15.6. The van der Waals surface area contributed by atoms with E-state index in [1.54, 1.807) is 30.3 Å². The summed E-state index contributed by atoms with van der Waals surface area (Å²) < 4.78 is 0. The lowest BCUT2D eigenvalue weighted by Gasteiger charge is -2.29. The molecule has 4 rings (SSSR count). The minimum atomic E-state index is -0.520. The van der Waals surface area contributed by atoms with E-state index in [0.717, 1.165) is 16.7 Å². The van der Waals surface area contributed by atoms with E-state index in [-0.39, 0.29) is 10.7 Å². The van der Waals surface area contributed by atoms with Gasteiger partial charge in [0, 0.05) is 5.02 Å². The first kappa shape index (κ1) is 19.1. The largest absolute Gasteiger partial charge is 0.298 e. The average molecular weight is 419 g/mol. The number of hydrogen-bond donors (Lipinski definition) is 1. The van der Waals surface area contributed by atoms with E-state index in [4.69, 9.17) is 23.8 Å². The number of nitrogens with zero attached hydrogens (tertiary/aromatic N) is 1. The molecular weight excluding hydrogens is 404 g/mol. The lowest BCUT2D eigenvalue weighted by molar-refractivity contribution is -0.122. The highest BCUT2D eigenvalue weighted by Crippen LogP contribution is 2.28. The zero-order chi connectivity index (χ0) is 20.4. The van der Waals surface area contributed by atoms with Crippen LogP contribution in [0.5, 0.6) is 0 Å². The van der Waals surface area contributed by atoms with Gasteiger partial charge in [-0.3, -0.25) is 19.8 Å². The maximum absolute atomic E-state index is 13.2. The molecule has 1 saturated heterocycles. The predicted octanol–water partition coefficient (Wildman–Crippen LogP) is 4.84. The van der Waals surface area contributed by atoms with Crippen molar-refractivity contribution in [2.45, 2.75) is 0 Å². The Balaban J connectivity index is 1.78. The molecule has 0 radical (unpaired) electrons. The van der Waals surface area contributed by atoms with E-state index in [1.165, 1.54) is 4.90 Å². The summed E-state index contributed by atoms with van der Waals surface area (Å²) in [7, 11) is 0. The number of anilines is 1. The molecule has 2 amide bonds. The van der Waals surface area contributed by atoms with Crippen LogP contribution in [0.4, 0.5) is 5.69 Å². The maximum Gasteiger partial charge on any atom is 0.270 e. The molecule has 4 nitrogen and oxygen atoms in total. The Labute approximate surface area is 178 Å². The summed E-state index contributed by atoms with van der Waals surface area (Å²) in [4.78, 5) is 27.0. The fourth-order valence-electron chi connectivity index (χ4n) is 3.14. The molecule has 0 aromatic heterocycles. The molecule has 1 N–H and O–H groups in total. The van der Waals surface area contributed by atoms with Crippen LogP contribution in [0.15, 0.2) is 84.4 Å². The highest BCUT2D eigenvalue weighted by molar-refractivity contribution is 7.80. The number of benzene rings is 3. The second kappa shape index (κ2) is 7.99. The van der Waals surface area contributed by atoms with Gasteiger partial charge in [0.15, 0.2) is 5.11 Å². The summed E-state index contributed by atoms with van der Waals surface area (Å²) in [5.74, 6) is -1.00. The molecule has 142 valence electrons. The smallest absolute Gasteiger partial charge is 0.270 e. The van der Waals surface area contributed by atoms with Gasteiger partial charge in [-0.2, -0.15) is 0 Å². The molecule has 1 aliphatic rings. The van der Waals surface area contributed by atoms with E-state index in [2.05, 4.69) is 5.32 Å². The first-order chi connectivity index (χ1) is 14.0. The second-order valence-electron chi connectivity index (χ2n) is 6.39. The summed E-state index contributed by atoms with van der Waals surface area (Å²) in [6.45, 7) is 0. The zero-order valence-corrected chi connectivity index (χ0v) is 16.7. The van der Waals surface area contributed by atoms with Crippen molar-refractivity contribution in [3.63, 3.8) is 0 Å². The molecular formula is C23H15ClN2O2S. The topological polar surface area (TPSA) is 49.4 Å². The summed E-state index contributed by atoms with van der Waals surface area (Å²) in [6.07, 6.45) is 1.60. The SMILES string of the molecule is O=C1NC(=S)N(c2ccc(Cl)cc2)C(=O)C1=Cc1ccccc1-c1ccccc1. The summed E-state index contributed by atoms with van der Waals surface area (Å²) >= 11 is 11.2. The Bertz CT molecular complexity index is 1140. The highest BCUT2D eigenvalue weighted by Gasteiger charge is 2.34. The summed E-state index contributed by atoms with van der Waals surface area (Å²) in [6, 6.07) is 24.1. The molecule has 1 fully saturated rings. The monoisotopic (exact) mass is 418 g/mol. The van der Waals surface area contributed by atoms with Crippen molar-refractivity contribution in [1.82, 2.24) is 5.32 Å². The maximum atomic E-state index is 13.2. The Kier molecular flexibility index (Phi) is 5.25. The van der Waals surface area contributed by atoms with Crippen LogP contribution in [-0.4, -0.2) is 16.9 Å². The van der Waals surface area contributed by atoms with Gasteiger partial charge in [-0.1, -0.05) is 66.2 Å². The van der Waals surface area contributed by atoms with Crippen molar-refractivity contribution in [2.75, 3.05) is 4.90 Å². The van der Waals surface area contributed by atoms with Gasteiger partial charge in [0.2, 0.25) is 0 Å². The van der Waals surface area contributed by atoms with Gasteiger partial charge in [0.1, 0.15) is 5.57 Å². The van der Waals surface area contributed by atoms with Crippen molar-refractivity contribution in [3.8, 4) is 11.1 Å². The molecule has 6 heteroatoms. The Hall–Kier alpha value is -3.28. The van der Waals surface area contributed by atoms with Crippen LogP contribution in [0.3, 0.4) is 0 Å². The van der Waals surface area contributed by atoms with Gasteiger partial charge in [0.05, 0.1) is 5.69 Å². The molecule has 29 heavy (non-hydrogen) atoms. The van der Waals surface area contributed by atoms with Crippen LogP contribution >= 0.6 is 23.8 Å². The summed E-state index contributed by atoms with van der Waals surface area (Å²) in [5, 5.41) is 3.18. The van der Waals surface area contributed by atoms with Crippen LogP contribution in [0.25, 0.3) is 17.2 Å². The Morgan fingerprint density at radius 2 is 1.52 bits per heavy atom. The molecule has 0 aliphatic carbocycles. The summed E-state index contributed by atoms with van der Waals surface area (Å²) in [5.41, 5.74) is 3.23. The van der Waals surface area contributed by atoms with E-state index in [9.17, 15) is 9.59 Å². The lowest BCUT2D eigenvalue weighted by atomic mass is 9.97. The number of halogens is 1. The van der Waals surface area contributed by atoms with Gasteiger partial charge in [0.25, 0.3) is 11.8 Å². The van der Waals surface area contributed by atoms with Crippen LogP contribution in [0.1, 0.15) is 5.56 Å². The predicted molar refractivity (Wildman–Crippen MR) is 120 cm³/mol. The molecule has 0 bridgehead atoms. The van der Waals surface area contributed by atoms with E-state index in [0.29, 0.717) is 10.7 Å². The van der Waals surface area contributed by atoms with E-state index < -0.39 is 11.8 Å². The third kappa shape index (κ3) is 3.83. The van der Waals surface area contributed by atoms with E-state index >= 15 is 0 Å². The van der Waals surface area contributed by atoms with Gasteiger partial charge >= 0.3 is 0 Å². The average Bonchev–Trinajstić information content (AvgIpc) is 2.73. The van der Waals surface area contributed by atoms with Crippen molar-refractivity contribution < 1.29 is 9.59 Å². The molecule has 0 spiro atoms. The molecule has 0 atom stereocenters. The third-order valence-electron chi connectivity index (χ3n) is 4.53. The van der Waals surface area contributed by atoms with Crippen LogP contribution < -0.4 is 10.2 Å². The highest BCUT2D eigenvalue weighted by atomic mass is 35.5. The molecule has 3 aromatic rings. The van der Waals surface area contributed by atoms with Gasteiger partial charge in [-0.15, -0.1) is 0 Å². The third-order valence-corrected chi connectivity index (χ3v) is 5.07. The Morgan fingerprint density at radius 1 is 0.862 bits per heavy atom. The first-order valence-corrected chi connectivity index (χ1v) is 9.65. The number of carbonyl (C=O) groups excluding carboxylic acids is 2. The van der Waals surface area contributed by atoms with Crippen LogP contribution in [0, 0.1) is 0 Å². The number of amides is 2. The fraction of sp³-hybridized carbons (Fsp3) is 0. The van der Waals surface area contributed by atoms with Crippen LogP contribution in [-0.2, 0) is 9.59 Å². The van der Waals surface area contributed by atoms with Crippen molar-refractivity contribution in [2.24, 2.45) is 0 Å². The van der Waals surface area contributed by atoms with Gasteiger partial charge < -0.3 is 0 Å². The number of carbonyl (C=O) groups is 2. The first-order valence-electron chi connectivity index (χ1n) is 8.86. The lowest BCUT2D eigenvalue weighted by Crippen LogP contribution is -2.54. The molecule has 1 heterocycles. The standard InChI is InChI=1S/C23H15ClN2O2S/c24-17-10-12-18(13-11-17)26-22(28)20(21(27)25-23(26)29)14-16-8-4-5-9-19(16)15-6-2-1-3-7-15/h1-14H,(H,25,27,29). The molecule has 1 aliphatic heterocycles. The second-order valence-corrected chi connectivity index (χ2v) is 7.21. The van der Waals surface area contributed by atoms with Crippen molar-refractivity contribution >= 4 is 52.5 Å². The Morgan fingerprint density at radius 3 is 2.24 bits per heavy atom. The van der Waals surface area contributed by atoms with Gasteiger partial charge in [-0.25, -0.2) is 0 Å². The molecule has 0 saturated carbocycles. The number of thiocarbonyl (C=S) groups is 1. The van der Waals surface area contributed by atoms with Gasteiger partial charge in [-0.05, 0) is 59.2 Å². The molecule has 3 aromatic carbocycles. The number of nitrogens with one attached hydrogen (secondary N) is 1. The molecule has 0 unspecified atom stereocenters. The van der Waals surface area contributed by atoms with Crippen molar-refractivity contribution in [3.05, 3.63) is 95.0 Å². The quantitative estimate of drug-likeness (QED) is 0.376. The fourth-order valence-corrected chi connectivity index (χ4v) is 3.55.